The number of ether oxygens (including phenoxy) is 1. The Morgan fingerprint density at radius 2 is 2.15 bits per heavy atom. The summed E-state index contributed by atoms with van der Waals surface area (Å²) in [5.74, 6) is 0.838. The molecule has 0 radical (unpaired) electrons. The number of hydrogen-bond acceptors (Lipinski definition) is 3. The van der Waals surface area contributed by atoms with Gasteiger partial charge in [-0.25, -0.2) is 0 Å². The van der Waals surface area contributed by atoms with Gasteiger partial charge in [0.15, 0.2) is 5.96 Å². The molecule has 1 unspecified atom stereocenters. The molecule has 1 atom stereocenters. The highest BCUT2D eigenvalue weighted by Gasteiger charge is 2.44. The summed E-state index contributed by atoms with van der Waals surface area (Å²) in [6.07, 6.45) is 4.04. The monoisotopic (exact) mass is 379 g/mol. The number of rotatable bonds is 8. The van der Waals surface area contributed by atoms with Gasteiger partial charge in [-0.05, 0) is 50.3 Å². The Balaban J connectivity index is 1.63. The van der Waals surface area contributed by atoms with Crippen LogP contribution in [-0.2, 0) is 10.2 Å². The second kappa shape index (κ2) is 8.59. The third kappa shape index (κ3) is 4.70. The molecule has 144 valence electrons. The van der Waals surface area contributed by atoms with E-state index in [4.69, 9.17) is 21.3 Å². The number of hydrogen-bond donors (Lipinski definition) is 3. The molecule has 0 spiro atoms. The average molecular weight is 380 g/mol. The van der Waals surface area contributed by atoms with E-state index in [1.165, 1.54) is 18.4 Å². The van der Waals surface area contributed by atoms with E-state index in [1.807, 2.05) is 12.1 Å². The van der Waals surface area contributed by atoms with Gasteiger partial charge in [-0.15, -0.1) is 0 Å². The molecule has 26 heavy (non-hydrogen) atoms. The van der Waals surface area contributed by atoms with Crippen molar-refractivity contribution in [1.82, 2.24) is 10.6 Å². The molecule has 0 bridgehead atoms. The maximum absolute atomic E-state index is 9.38. The van der Waals surface area contributed by atoms with E-state index in [1.54, 1.807) is 0 Å². The molecule has 3 N–H and O–H groups in total. The zero-order chi connectivity index (χ0) is 18.5. The summed E-state index contributed by atoms with van der Waals surface area (Å²) in [6, 6.07) is 8.18. The maximum atomic E-state index is 9.38. The van der Waals surface area contributed by atoms with Crippen molar-refractivity contribution in [2.24, 2.45) is 10.4 Å². The SMILES string of the molecule is CCNC(=NCC1(CCO)CCOC1)NCC1(c2cccc(Cl)c2)CC1. The molecule has 2 fully saturated rings. The number of nitrogens with zero attached hydrogens (tertiary/aromatic N) is 1. The summed E-state index contributed by atoms with van der Waals surface area (Å²) >= 11 is 6.17. The first-order chi connectivity index (χ1) is 12.6. The van der Waals surface area contributed by atoms with Crippen molar-refractivity contribution >= 4 is 17.6 Å². The van der Waals surface area contributed by atoms with Gasteiger partial charge in [-0.1, -0.05) is 23.7 Å². The van der Waals surface area contributed by atoms with Gasteiger partial charge in [0, 0.05) is 42.2 Å². The van der Waals surface area contributed by atoms with Crippen molar-refractivity contribution in [1.29, 1.82) is 0 Å². The van der Waals surface area contributed by atoms with Crippen LogP contribution in [0.2, 0.25) is 5.02 Å². The number of nitrogens with one attached hydrogen (secondary N) is 2. The van der Waals surface area contributed by atoms with Crippen LogP contribution in [-0.4, -0.2) is 50.5 Å². The molecule has 1 aliphatic carbocycles. The predicted octanol–water partition coefficient (Wildman–Crippen LogP) is 2.72. The minimum absolute atomic E-state index is 0.0265. The molecule has 6 heteroatoms. The van der Waals surface area contributed by atoms with Crippen LogP contribution < -0.4 is 10.6 Å². The van der Waals surface area contributed by atoms with Crippen LogP contribution in [0.15, 0.2) is 29.3 Å². The van der Waals surface area contributed by atoms with Crippen LogP contribution in [0.5, 0.6) is 0 Å². The first-order valence-corrected chi connectivity index (χ1v) is 9.96. The molecular weight excluding hydrogens is 350 g/mol. The first kappa shape index (κ1) is 19.5. The fourth-order valence-electron chi connectivity index (χ4n) is 3.67. The summed E-state index contributed by atoms with van der Waals surface area (Å²) in [6.45, 7) is 6.04. The van der Waals surface area contributed by atoms with E-state index < -0.39 is 0 Å². The summed E-state index contributed by atoms with van der Waals surface area (Å²) < 4.78 is 5.56. The lowest BCUT2D eigenvalue weighted by Gasteiger charge is -2.25. The standard InChI is InChI=1S/C20H30ClN3O2/c1-2-22-18(23-13-19(8-10-25)9-11-26-15-19)24-14-20(6-7-20)16-4-3-5-17(21)12-16/h3-5,12,25H,2,6-11,13-15H2,1H3,(H2,22,23,24). The fraction of sp³-hybridized carbons (Fsp3) is 0.650. The van der Waals surface area contributed by atoms with Gasteiger partial charge in [0.2, 0.25) is 0 Å². The summed E-state index contributed by atoms with van der Waals surface area (Å²) in [5.41, 5.74) is 1.44. The summed E-state index contributed by atoms with van der Waals surface area (Å²) in [4.78, 5) is 4.81. The second-order valence-electron chi connectivity index (χ2n) is 7.62. The lowest BCUT2D eigenvalue weighted by molar-refractivity contribution is 0.131. The van der Waals surface area contributed by atoms with Crippen LogP contribution in [0.3, 0.4) is 0 Å². The van der Waals surface area contributed by atoms with Crippen LogP contribution >= 0.6 is 11.6 Å². The number of aliphatic imine (C=N–C) groups is 1. The van der Waals surface area contributed by atoms with Gasteiger partial charge >= 0.3 is 0 Å². The first-order valence-electron chi connectivity index (χ1n) is 9.58. The fourth-order valence-corrected chi connectivity index (χ4v) is 3.86. The Morgan fingerprint density at radius 1 is 1.31 bits per heavy atom. The molecule has 1 aromatic rings. The molecule has 1 aliphatic heterocycles. The molecule has 1 saturated heterocycles. The lowest BCUT2D eigenvalue weighted by atomic mass is 9.84. The normalized spacial score (nSPS) is 24.5. The number of aliphatic hydroxyl groups excluding tert-OH is 1. The zero-order valence-electron chi connectivity index (χ0n) is 15.6. The molecule has 5 nitrogen and oxygen atoms in total. The van der Waals surface area contributed by atoms with E-state index in [2.05, 4.69) is 29.7 Å². The van der Waals surface area contributed by atoms with Crippen molar-refractivity contribution < 1.29 is 9.84 Å². The van der Waals surface area contributed by atoms with Crippen LogP contribution in [0.1, 0.15) is 38.2 Å². The molecule has 1 aromatic carbocycles. The smallest absolute Gasteiger partial charge is 0.191 e. The number of guanidine groups is 1. The number of aliphatic hydroxyl groups is 1. The second-order valence-corrected chi connectivity index (χ2v) is 8.05. The molecule has 1 heterocycles. The lowest BCUT2D eigenvalue weighted by Crippen LogP contribution is -2.42. The molecular formula is C20H30ClN3O2. The van der Waals surface area contributed by atoms with E-state index in [-0.39, 0.29) is 17.4 Å². The van der Waals surface area contributed by atoms with Crippen molar-refractivity contribution in [2.45, 2.75) is 38.0 Å². The van der Waals surface area contributed by atoms with Crippen LogP contribution in [0, 0.1) is 5.41 Å². The minimum atomic E-state index is -0.0265. The van der Waals surface area contributed by atoms with Crippen molar-refractivity contribution in [3.05, 3.63) is 34.9 Å². The highest BCUT2D eigenvalue weighted by molar-refractivity contribution is 6.30. The number of halogens is 1. The van der Waals surface area contributed by atoms with Crippen molar-refractivity contribution in [2.75, 3.05) is 39.5 Å². The molecule has 3 rings (SSSR count). The number of benzene rings is 1. The third-order valence-corrected chi connectivity index (χ3v) is 5.86. The predicted molar refractivity (Wildman–Crippen MR) is 106 cm³/mol. The van der Waals surface area contributed by atoms with Crippen molar-refractivity contribution in [3.63, 3.8) is 0 Å². The Kier molecular flexibility index (Phi) is 6.43. The Hall–Kier alpha value is -1.30. The largest absolute Gasteiger partial charge is 0.396 e. The molecule has 2 aliphatic rings. The average Bonchev–Trinajstić information content (AvgIpc) is 3.30. The van der Waals surface area contributed by atoms with Crippen molar-refractivity contribution in [3.8, 4) is 0 Å². The molecule has 0 amide bonds. The van der Waals surface area contributed by atoms with Gasteiger partial charge in [0.1, 0.15) is 0 Å². The highest BCUT2D eigenvalue weighted by Crippen LogP contribution is 2.48. The van der Waals surface area contributed by atoms with E-state index in [0.717, 1.165) is 43.5 Å². The Bertz CT molecular complexity index is 625. The maximum Gasteiger partial charge on any atom is 0.191 e. The van der Waals surface area contributed by atoms with Gasteiger partial charge in [0.05, 0.1) is 13.2 Å². The Morgan fingerprint density at radius 3 is 2.77 bits per heavy atom. The van der Waals surface area contributed by atoms with E-state index in [9.17, 15) is 5.11 Å². The van der Waals surface area contributed by atoms with E-state index >= 15 is 0 Å². The van der Waals surface area contributed by atoms with Gasteiger partial charge in [-0.2, -0.15) is 0 Å². The minimum Gasteiger partial charge on any atom is -0.396 e. The van der Waals surface area contributed by atoms with Crippen LogP contribution in [0.25, 0.3) is 0 Å². The van der Waals surface area contributed by atoms with Gasteiger partial charge in [-0.3, -0.25) is 4.99 Å². The Labute approximate surface area is 161 Å². The zero-order valence-corrected chi connectivity index (χ0v) is 16.3. The molecule has 0 aromatic heterocycles. The van der Waals surface area contributed by atoms with Crippen LogP contribution in [0.4, 0.5) is 0 Å². The van der Waals surface area contributed by atoms with Gasteiger partial charge < -0.3 is 20.5 Å². The topological polar surface area (TPSA) is 65.9 Å². The van der Waals surface area contributed by atoms with E-state index in [0.29, 0.717) is 13.2 Å². The summed E-state index contributed by atoms with van der Waals surface area (Å²) in [7, 11) is 0. The highest BCUT2D eigenvalue weighted by atomic mass is 35.5. The third-order valence-electron chi connectivity index (χ3n) is 5.63. The van der Waals surface area contributed by atoms with Gasteiger partial charge in [0.25, 0.3) is 0 Å². The quantitative estimate of drug-likeness (QED) is 0.480. The molecule has 1 saturated carbocycles. The summed E-state index contributed by atoms with van der Waals surface area (Å²) in [5, 5.41) is 17.0.